The Labute approximate surface area is 162 Å². The summed E-state index contributed by atoms with van der Waals surface area (Å²) in [6, 6.07) is 4.10. The van der Waals surface area contributed by atoms with Crippen LogP contribution in [0.4, 0.5) is 4.39 Å². The van der Waals surface area contributed by atoms with E-state index in [1.807, 2.05) is 23.3 Å². The number of amides is 1. The van der Waals surface area contributed by atoms with Crippen molar-refractivity contribution in [2.45, 2.75) is 57.0 Å². The van der Waals surface area contributed by atoms with Gasteiger partial charge in [0.2, 0.25) is 11.7 Å². The highest BCUT2D eigenvalue weighted by Crippen LogP contribution is 2.45. The van der Waals surface area contributed by atoms with Gasteiger partial charge in [-0.3, -0.25) is 4.79 Å². The van der Waals surface area contributed by atoms with E-state index in [2.05, 4.69) is 16.0 Å². The first-order chi connectivity index (χ1) is 13.1. The van der Waals surface area contributed by atoms with Crippen LogP contribution in [0.5, 0.6) is 5.88 Å². The Morgan fingerprint density at radius 3 is 2.93 bits per heavy atom. The molecule has 2 aromatic rings. The second-order valence-corrected chi connectivity index (χ2v) is 8.29. The minimum absolute atomic E-state index is 0.00464. The average Bonchev–Trinajstić information content (AvgIpc) is 3.44. The van der Waals surface area contributed by atoms with E-state index in [-0.39, 0.29) is 23.3 Å². The quantitative estimate of drug-likeness (QED) is 0.782. The molecule has 0 bridgehead atoms. The van der Waals surface area contributed by atoms with Crippen LogP contribution in [-0.2, 0) is 16.6 Å². The van der Waals surface area contributed by atoms with Crippen LogP contribution in [0, 0.1) is 5.82 Å². The van der Waals surface area contributed by atoms with Gasteiger partial charge in [-0.05, 0) is 30.7 Å². The fourth-order valence-corrected chi connectivity index (χ4v) is 5.26. The number of nitrogens with zero attached hydrogens (tertiary/aromatic N) is 3. The molecule has 0 aromatic carbocycles. The number of thiophene rings is 1. The summed E-state index contributed by atoms with van der Waals surface area (Å²) in [7, 11) is 0. The molecule has 7 heteroatoms. The number of aryl methyl sites for hydroxylation is 1. The molecule has 1 aliphatic carbocycles. The van der Waals surface area contributed by atoms with E-state index >= 15 is 0 Å². The van der Waals surface area contributed by atoms with Crippen LogP contribution in [0.2, 0.25) is 0 Å². The van der Waals surface area contributed by atoms with E-state index in [4.69, 9.17) is 4.74 Å². The summed E-state index contributed by atoms with van der Waals surface area (Å²) in [5, 5.41) is 2.04. The predicted molar refractivity (Wildman–Crippen MR) is 101 cm³/mol. The van der Waals surface area contributed by atoms with Crippen LogP contribution in [0.15, 0.2) is 23.8 Å². The topological polar surface area (TPSA) is 55.3 Å². The summed E-state index contributed by atoms with van der Waals surface area (Å²) in [6.45, 7) is 2.97. The third-order valence-corrected chi connectivity index (χ3v) is 6.81. The number of hydrogen-bond donors (Lipinski definition) is 0. The first-order valence-corrected chi connectivity index (χ1v) is 10.5. The lowest BCUT2D eigenvalue weighted by Gasteiger charge is -2.31. The Bertz CT molecular complexity index is 806. The zero-order chi connectivity index (χ0) is 18.9. The van der Waals surface area contributed by atoms with E-state index < -0.39 is 5.82 Å². The number of rotatable bonds is 5. The van der Waals surface area contributed by atoms with Crippen molar-refractivity contribution in [3.63, 3.8) is 0 Å². The third kappa shape index (κ3) is 3.33. The molecule has 1 saturated carbocycles. The summed E-state index contributed by atoms with van der Waals surface area (Å²) in [5.41, 5.74) is -0.0213. The van der Waals surface area contributed by atoms with Crippen molar-refractivity contribution in [1.29, 1.82) is 0 Å². The molecular weight excluding hydrogens is 365 g/mol. The van der Waals surface area contributed by atoms with Crippen LogP contribution in [-0.4, -0.2) is 40.0 Å². The Hall–Kier alpha value is -2.02. The molecule has 144 valence electrons. The van der Waals surface area contributed by atoms with E-state index in [9.17, 15) is 9.18 Å². The lowest BCUT2D eigenvalue weighted by atomic mass is 9.83. The maximum atomic E-state index is 14.3. The second kappa shape index (κ2) is 7.54. The van der Waals surface area contributed by atoms with Gasteiger partial charge in [-0.2, -0.15) is 9.37 Å². The molecule has 5 nitrogen and oxygen atoms in total. The van der Waals surface area contributed by atoms with Gasteiger partial charge in [0.05, 0.1) is 17.7 Å². The van der Waals surface area contributed by atoms with Gasteiger partial charge < -0.3 is 9.64 Å². The standard InChI is InChI=1S/C20H24FN3O2S/c1-2-15-17(21)18(23-13-22-15)26-14-7-10-24(12-14)19(25)20(8-3-4-9-20)16-6-5-11-27-16/h5-6,11,13-14H,2-4,7-10,12H2,1H3/t14-/m1/s1. The monoisotopic (exact) mass is 389 g/mol. The van der Waals surface area contributed by atoms with E-state index in [0.717, 1.165) is 25.7 Å². The molecule has 27 heavy (non-hydrogen) atoms. The van der Waals surface area contributed by atoms with Gasteiger partial charge in [-0.25, -0.2) is 4.98 Å². The molecule has 3 heterocycles. The smallest absolute Gasteiger partial charge is 0.254 e. The molecular formula is C20H24FN3O2S. The SMILES string of the molecule is CCc1ncnc(O[C@@H]2CCN(C(=O)C3(c4cccs4)CCCC3)C2)c1F. The van der Waals surface area contributed by atoms with Crippen molar-refractivity contribution >= 4 is 17.2 Å². The highest BCUT2D eigenvalue weighted by molar-refractivity contribution is 7.10. The lowest BCUT2D eigenvalue weighted by molar-refractivity contribution is -0.136. The minimum Gasteiger partial charge on any atom is -0.470 e. The van der Waals surface area contributed by atoms with Crippen LogP contribution in [0.3, 0.4) is 0 Å². The summed E-state index contributed by atoms with van der Waals surface area (Å²) < 4.78 is 20.1. The number of hydrogen-bond acceptors (Lipinski definition) is 5. The molecule has 1 aliphatic heterocycles. The molecule has 0 N–H and O–H groups in total. The van der Waals surface area contributed by atoms with Gasteiger partial charge in [0.1, 0.15) is 12.4 Å². The molecule has 2 fully saturated rings. The van der Waals surface area contributed by atoms with Gasteiger partial charge in [-0.1, -0.05) is 25.8 Å². The minimum atomic E-state index is -0.490. The Balaban J connectivity index is 1.47. The summed E-state index contributed by atoms with van der Waals surface area (Å²) in [4.78, 5) is 24.4. The highest BCUT2D eigenvalue weighted by Gasteiger charge is 2.47. The second-order valence-electron chi connectivity index (χ2n) is 7.34. The van der Waals surface area contributed by atoms with Crippen molar-refractivity contribution in [1.82, 2.24) is 14.9 Å². The maximum Gasteiger partial charge on any atom is 0.254 e. The Kier molecular flexibility index (Phi) is 5.12. The van der Waals surface area contributed by atoms with Crippen molar-refractivity contribution in [2.24, 2.45) is 0 Å². The molecule has 4 rings (SSSR count). The molecule has 2 aromatic heterocycles. The van der Waals surface area contributed by atoms with Crippen LogP contribution < -0.4 is 4.74 Å². The summed E-state index contributed by atoms with van der Waals surface area (Å²) in [5.74, 6) is -0.295. The van der Waals surface area contributed by atoms with Crippen molar-refractivity contribution < 1.29 is 13.9 Å². The molecule has 1 amide bonds. The highest BCUT2D eigenvalue weighted by atomic mass is 32.1. The van der Waals surface area contributed by atoms with Crippen LogP contribution in [0.25, 0.3) is 0 Å². The third-order valence-electron chi connectivity index (χ3n) is 5.73. The maximum absolute atomic E-state index is 14.3. The lowest BCUT2D eigenvalue weighted by Crippen LogP contribution is -2.44. The predicted octanol–water partition coefficient (Wildman–Crippen LogP) is 3.73. The van der Waals surface area contributed by atoms with Gasteiger partial charge >= 0.3 is 0 Å². The largest absolute Gasteiger partial charge is 0.470 e. The zero-order valence-corrected chi connectivity index (χ0v) is 16.3. The number of halogens is 1. The molecule has 0 radical (unpaired) electrons. The van der Waals surface area contributed by atoms with Crippen molar-refractivity contribution in [3.8, 4) is 5.88 Å². The van der Waals surface area contributed by atoms with Crippen LogP contribution >= 0.6 is 11.3 Å². The molecule has 1 saturated heterocycles. The number of aromatic nitrogens is 2. The van der Waals surface area contributed by atoms with Crippen molar-refractivity contribution in [2.75, 3.05) is 13.1 Å². The normalized spacial score (nSPS) is 21.6. The number of likely N-dealkylation sites (tertiary alicyclic amines) is 1. The van der Waals surface area contributed by atoms with Crippen molar-refractivity contribution in [3.05, 3.63) is 40.2 Å². The van der Waals surface area contributed by atoms with Gasteiger partial charge in [-0.15, -0.1) is 11.3 Å². The van der Waals surface area contributed by atoms with E-state index in [0.29, 0.717) is 31.6 Å². The average molecular weight is 389 g/mol. The van der Waals surface area contributed by atoms with E-state index in [1.54, 1.807) is 11.3 Å². The number of carbonyl (C=O) groups is 1. The molecule has 1 atom stereocenters. The van der Waals surface area contributed by atoms with Gasteiger partial charge in [0.25, 0.3) is 5.88 Å². The van der Waals surface area contributed by atoms with Gasteiger partial charge in [0, 0.05) is 17.8 Å². The molecule has 2 aliphatic rings. The number of ether oxygens (including phenoxy) is 1. The summed E-state index contributed by atoms with van der Waals surface area (Å²) in [6.07, 6.45) is 6.28. The Morgan fingerprint density at radius 2 is 2.22 bits per heavy atom. The fourth-order valence-electron chi connectivity index (χ4n) is 4.28. The Morgan fingerprint density at radius 1 is 1.41 bits per heavy atom. The number of carbonyl (C=O) groups excluding carboxylic acids is 1. The van der Waals surface area contributed by atoms with Gasteiger partial charge in [0.15, 0.2) is 0 Å². The first-order valence-electron chi connectivity index (χ1n) is 9.63. The first kappa shape index (κ1) is 18.3. The molecule has 0 unspecified atom stereocenters. The van der Waals surface area contributed by atoms with Crippen LogP contribution in [0.1, 0.15) is 49.6 Å². The molecule has 0 spiro atoms. The summed E-state index contributed by atoms with van der Waals surface area (Å²) >= 11 is 1.67. The fraction of sp³-hybridized carbons (Fsp3) is 0.550. The van der Waals surface area contributed by atoms with E-state index in [1.165, 1.54) is 11.2 Å². The zero-order valence-electron chi connectivity index (χ0n) is 15.5.